The Hall–Kier alpha value is -2.00. The highest BCUT2D eigenvalue weighted by Crippen LogP contribution is 2.35. The first-order valence-electron chi connectivity index (χ1n) is 7.72. The van der Waals surface area contributed by atoms with Crippen LogP contribution in [0.15, 0.2) is 47.7 Å². The molecule has 0 bridgehead atoms. The SMILES string of the molecule is CN(C)c1ccnc2sc3c(=O)n(-c4ccccc4CI)cnc3c12. The molecule has 0 fully saturated rings. The zero-order valence-corrected chi connectivity index (χ0v) is 16.7. The summed E-state index contributed by atoms with van der Waals surface area (Å²) in [6.07, 6.45) is 3.41. The highest BCUT2D eigenvalue weighted by Gasteiger charge is 2.17. The van der Waals surface area contributed by atoms with Gasteiger partial charge in [-0.05, 0) is 17.7 Å². The molecule has 0 aliphatic carbocycles. The first-order valence-corrected chi connectivity index (χ1v) is 10.1. The molecule has 126 valence electrons. The molecule has 1 aromatic carbocycles. The van der Waals surface area contributed by atoms with E-state index in [-0.39, 0.29) is 5.56 Å². The molecule has 7 heteroatoms. The Kier molecular flexibility index (Phi) is 4.20. The van der Waals surface area contributed by atoms with E-state index in [0.29, 0.717) is 4.70 Å². The fourth-order valence-corrected chi connectivity index (χ4v) is 4.63. The Morgan fingerprint density at radius 3 is 2.76 bits per heavy atom. The van der Waals surface area contributed by atoms with Crippen LogP contribution in [-0.2, 0) is 4.43 Å². The van der Waals surface area contributed by atoms with Crippen LogP contribution in [0.3, 0.4) is 0 Å². The number of benzene rings is 1. The van der Waals surface area contributed by atoms with Gasteiger partial charge < -0.3 is 4.90 Å². The summed E-state index contributed by atoms with van der Waals surface area (Å²) in [6.45, 7) is 0. The summed E-state index contributed by atoms with van der Waals surface area (Å²) in [4.78, 5) is 25.1. The third-order valence-electron chi connectivity index (χ3n) is 4.14. The Balaban J connectivity index is 2.06. The van der Waals surface area contributed by atoms with Crippen molar-refractivity contribution in [3.05, 3.63) is 58.8 Å². The first kappa shape index (κ1) is 16.5. The number of para-hydroxylation sites is 1. The molecule has 0 aliphatic heterocycles. The van der Waals surface area contributed by atoms with Crippen LogP contribution >= 0.6 is 33.9 Å². The molecule has 3 heterocycles. The zero-order valence-electron chi connectivity index (χ0n) is 13.7. The predicted octanol–water partition coefficient (Wildman–Crippen LogP) is 4.00. The summed E-state index contributed by atoms with van der Waals surface area (Å²) in [6, 6.07) is 9.88. The van der Waals surface area contributed by atoms with Crippen molar-refractivity contribution in [1.29, 1.82) is 0 Å². The second kappa shape index (κ2) is 6.38. The lowest BCUT2D eigenvalue weighted by Gasteiger charge is -2.13. The molecule has 0 saturated heterocycles. The van der Waals surface area contributed by atoms with E-state index in [0.717, 1.165) is 37.1 Å². The summed E-state index contributed by atoms with van der Waals surface area (Å²) in [5, 5.41) is 0.943. The van der Waals surface area contributed by atoms with Gasteiger partial charge in [0.15, 0.2) is 0 Å². The number of anilines is 1. The lowest BCUT2D eigenvalue weighted by atomic mass is 10.2. The van der Waals surface area contributed by atoms with Crippen molar-refractivity contribution >= 4 is 60.0 Å². The molecular formula is C18H15IN4OS. The van der Waals surface area contributed by atoms with E-state index in [9.17, 15) is 4.79 Å². The van der Waals surface area contributed by atoms with Gasteiger partial charge in [0.2, 0.25) is 0 Å². The maximum Gasteiger partial charge on any atom is 0.275 e. The van der Waals surface area contributed by atoms with Gasteiger partial charge in [-0.2, -0.15) is 0 Å². The number of alkyl halides is 1. The van der Waals surface area contributed by atoms with Crippen LogP contribution < -0.4 is 10.5 Å². The van der Waals surface area contributed by atoms with E-state index in [1.165, 1.54) is 11.3 Å². The molecule has 3 aromatic heterocycles. The molecule has 0 aliphatic rings. The molecule has 0 saturated carbocycles. The van der Waals surface area contributed by atoms with Crippen molar-refractivity contribution in [2.45, 2.75) is 4.43 Å². The Labute approximate surface area is 162 Å². The first-order chi connectivity index (χ1) is 12.1. The quantitative estimate of drug-likeness (QED) is 0.341. The van der Waals surface area contributed by atoms with Crippen LogP contribution in [0, 0.1) is 0 Å². The van der Waals surface area contributed by atoms with Crippen LogP contribution in [0.2, 0.25) is 0 Å². The fraction of sp³-hybridized carbons (Fsp3) is 0.167. The molecule has 0 amide bonds. The summed E-state index contributed by atoms with van der Waals surface area (Å²) in [7, 11) is 3.96. The summed E-state index contributed by atoms with van der Waals surface area (Å²) < 4.78 is 3.11. The van der Waals surface area contributed by atoms with E-state index in [2.05, 4.69) is 32.6 Å². The van der Waals surface area contributed by atoms with Gasteiger partial charge in [-0.3, -0.25) is 9.36 Å². The predicted molar refractivity (Wildman–Crippen MR) is 113 cm³/mol. The molecule has 0 atom stereocenters. The molecule has 4 aromatic rings. The maximum absolute atomic E-state index is 13.1. The van der Waals surface area contributed by atoms with Crippen LogP contribution in [0.25, 0.3) is 26.1 Å². The van der Waals surface area contributed by atoms with Crippen LogP contribution in [-0.4, -0.2) is 28.6 Å². The summed E-state index contributed by atoms with van der Waals surface area (Å²) in [5.74, 6) is 0. The minimum Gasteiger partial charge on any atom is -0.377 e. The molecule has 0 spiro atoms. The zero-order chi connectivity index (χ0) is 17.6. The monoisotopic (exact) mass is 462 g/mol. The van der Waals surface area contributed by atoms with Gasteiger partial charge in [-0.15, -0.1) is 11.3 Å². The van der Waals surface area contributed by atoms with Gasteiger partial charge in [-0.1, -0.05) is 40.8 Å². The number of hydrogen-bond donors (Lipinski definition) is 0. The Morgan fingerprint density at radius 1 is 1.20 bits per heavy atom. The standard InChI is InChI=1S/C18H15IN4OS/c1-22(2)13-7-8-20-17-14(13)15-16(25-17)18(24)23(10-21-15)12-6-4-3-5-11(12)9-19/h3-8,10H,9H2,1-2H3. The number of rotatable bonds is 3. The van der Waals surface area contributed by atoms with Gasteiger partial charge in [0.1, 0.15) is 15.9 Å². The maximum atomic E-state index is 13.1. The minimum atomic E-state index is -0.0463. The minimum absolute atomic E-state index is 0.0463. The van der Waals surface area contributed by atoms with E-state index >= 15 is 0 Å². The van der Waals surface area contributed by atoms with Crippen molar-refractivity contribution in [2.24, 2.45) is 0 Å². The molecule has 0 radical (unpaired) electrons. The third-order valence-corrected chi connectivity index (χ3v) is 6.03. The van der Waals surface area contributed by atoms with Crippen molar-refractivity contribution in [3.8, 4) is 5.69 Å². The number of thiophene rings is 1. The van der Waals surface area contributed by atoms with Crippen LogP contribution in [0.4, 0.5) is 5.69 Å². The van der Waals surface area contributed by atoms with Crippen molar-refractivity contribution < 1.29 is 0 Å². The number of pyridine rings is 1. The highest BCUT2D eigenvalue weighted by molar-refractivity contribution is 14.1. The van der Waals surface area contributed by atoms with Crippen molar-refractivity contribution in [1.82, 2.24) is 14.5 Å². The van der Waals surface area contributed by atoms with Crippen LogP contribution in [0.1, 0.15) is 5.56 Å². The van der Waals surface area contributed by atoms with Gasteiger partial charge in [0.25, 0.3) is 5.56 Å². The molecule has 25 heavy (non-hydrogen) atoms. The van der Waals surface area contributed by atoms with Gasteiger partial charge in [-0.25, -0.2) is 9.97 Å². The van der Waals surface area contributed by atoms with E-state index in [1.807, 2.05) is 49.3 Å². The third kappa shape index (κ3) is 2.62. The smallest absolute Gasteiger partial charge is 0.275 e. The van der Waals surface area contributed by atoms with E-state index in [1.54, 1.807) is 17.1 Å². The lowest BCUT2D eigenvalue weighted by molar-refractivity contribution is 0.956. The molecule has 5 nitrogen and oxygen atoms in total. The van der Waals surface area contributed by atoms with Crippen molar-refractivity contribution in [3.63, 3.8) is 0 Å². The summed E-state index contributed by atoms with van der Waals surface area (Å²) in [5.41, 5.74) is 3.70. The van der Waals surface area contributed by atoms with E-state index in [4.69, 9.17) is 0 Å². The number of fused-ring (bicyclic) bond motifs is 3. The van der Waals surface area contributed by atoms with Gasteiger partial charge >= 0.3 is 0 Å². The number of nitrogens with zero attached hydrogens (tertiary/aromatic N) is 4. The molecule has 4 rings (SSSR count). The van der Waals surface area contributed by atoms with Gasteiger partial charge in [0.05, 0.1) is 22.3 Å². The number of halogens is 1. The average Bonchev–Trinajstić information content (AvgIpc) is 3.01. The van der Waals surface area contributed by atoms with Crippen LogP contribution in [0.5, 0.6) is 0 Å². The molecule has 0 unspecified atom stereocenters. The number of aromatic nitrogens is 3. The topological polar surface area (TPSA) is 51.0 Å². The number of hydrogen-bond acceptors (Lipinski definition) is 5. The summed E-state index contributed by atoms with van der Waals surface area (Å²) >= 11 is 3.72. The molecular weight excluding hydrogens is 447 g/mol. The fourth-order valence-electron chi connectivity index (χ4n) is 2.94. The largest absolute Gasteiger partial charge is 0.377 e. The van der Waals surface area contributed by atoms with Crippen molar-refractivity contribution in [2.75, 3.05) is 19.0 Å². The second-order valence-corrected chi connectivity index (χ2v) is 7.63. The lowest BCUT2D eigenvalue weighted by Crippen LogP contribution is -2.19. The van der Waals surface area contributed by atoms with Gasteiger partial charge in [0, 0.05) is 24.7 Å². The Morgan fingerprint density at radius 2 is 2.00 bits per heavy atom. The normalized spacial score (nSPS) is 11.3. The average molecular weight is 462 g/mol. The highest BCUT2D eigenvalue weighted by atomic mass is 127. The second-order valence-electron chi connectivity index (χ2n) is 5.87. The molecule has 0 N–H and O–H groups in total. The van der Waals surface area contributed by atoms with E-state index < -0.39 is 0 Å². The Bertz CT molecular complexity index is 1150.